The summed E-state index contributed by atoms with van der Waals surface area (Å²) in [7, 11) is 0. The molecular weight excluding hydrogens is 244 g/mol. The number of aryl methyl sites for hydroxylation is 1. The zero-order valence-electron chi connectivity index (χ0n) is 10.1. The number of carboxylic acids is 1. The second kappa shape index (κ2) is 4.16. The van der Waals surface area contributed by atoms with E-state index in [1.54, 1.807) is 0 Å². The van der Waals surface area contributed by atoms with Crippen molar-refractivity contribution in [1.29, 1.82) is 0 Å². The summed E-state index contributed by atoms with van der Waals surface area (Å²) in [5.74, 6) is -1.42. The van der Waals surface area contributed by atoms with Crippen LogP contribution in [0.15, 0.2) is 30.5 Å². The van der Waals surface area contributed by atoms with E-state index in [0.717, 1.165) is 16.8 Å². The number of fused-ring (bicyclic) bond motifs is 1. The van der Waals surface area contributed by atoms with Crippen molar-refractivity contribution >= 4 is 17.0 Å². The quantitative estimate of drug-likeness (QED) is 0.730. The van der Waals surface area contributed by atoms with Gasteiger partial charge in [-0.25, -0.2) is 14.8 Å². The summed E-state index contributed by atoms with van der Waals surface area (Å²) in [5, 5.41) is 16.5. The van der Waals surface area contributed by atoms with Gasteiger partial charge in [0.2, 0.25) is 5.82 Å². The van der Waals surface area contributed by atoms with Gasteiger partial charge in [-0.3, -0.25) is 5.10 Å². The third-order valence-electron chi connectivity index (χ3n) is 2.92. The average Bonchev–Trinajstić information content (AvgIpc) is 2.82. The van der Waals surface area contributed by atoms with Gasteiger partial charge in [0, 0.05) is 11.8 Å². The molecule has 0 radical (unpaired) electrons. The summed E-state index contributed by atoms with van der Waals surface area (Å²) in [4.78, 5) is 18.5. The summed E-state index contributed by atoms with van der Waals surface area (Å²) >= 11 is 0. The molecule has 3 aromatic rings. The zero-order valence-corrected chi connectivity index (χ0v) is 10.1. The molecule has 0 aliphatic rings. The van der Waals surface area contributed by atoms with Gasteiger partial charge in [-0.15, -0.1) is 0 Å². The average molecular weight is 254 g/mol. The Morgan fingerprint density at radius 1 is 1.32 bits per heavy atom. The summed E-state index contributed by atoms with van der Waals surface area (Å²) in [5.41, 5.74) is 3.24. The normalized spacial score (nSPS) is 10.8. The van der Waals surface area contributed by atoms with Crippen molar-refractivity contribution in [2.75, 3.05) is 0 Å². The molecule has 0 saturated carbocycles. The molecule has 0 aliphatic carbocycles. The number of benzene rings is 1. The Hall–Kier alpha value is -2.76. The predicted octanol–water partition coefficient (Wildman–Crippen LogP) is 2.03. The SMILES string of the molecule is Cc1ccccc1-c1[nH]nc2nc(C(=O)O)ncc12. The Bertz CT molecular complexity index is 779. The van der Waals surface area contributed by atoms with Gasteiger partial charge < -0.3 is 5.11 Å². The van der Waals surface area contributed by atoms with Gasteiger partial charge in [0.1, 0.15) is 0 Å². The first-order chi connectivity index (χ1) is 9.16. The zero-order chi connectivity index (χ0) is 13.4. The fourth-order valence-electron chi connectivity index (χ4n) is 1.97. The van der Waals surface area contributed by atoms with Crippen molar-refractivity contribution in [3.8, 4) is 11.3 Å². The first-order valence-electron chi connectivity index (χ1n) is 5.67. The number of nitrogens with one attached hydrogen (secondary N) is 1. The molecule has 0 fully saturated rings. The van der Waals surface area contributed by atoms with E-state index in [9.17, 15) is 4.79 Å². The topological polar surface area (TPSA) is 91.8 Å². The van der Waals surface area contributed by atoms with E-state index in [0.29, 0.717) is 11.0 Å². The number of aromatic amines is 1. The van der Waals surface area contributed by atoms with Crippen molar-refractivity contribution in [1.82, 2.24) is 20.2 Å². The number of aromatic nitrogens is 4. The van der Waals surface area contributed by atoms with E-state index < -0.39 is 5.97 Å². The van der Waals surface area contributed by atoms with Crippen LogP contribution in [0.4, 0.5) is 0 Å². The Kier molecular flexibility index (Phi) is 2.49. The van der Waals surface area contributed by atoms with Crippen LogP contribution in [0.3, 0.4) is 0 Å². The van der Waals surface area contributed by atoms with Crippen LogP contribution in [0, 0.1) is 6.92 Å². The van der Waals surface area contributed by atoms with Crippen LogP contribution in [0.1, 0.15) is 16.2 Å². The molecule has 2 N–H and O–H groups in total. The van der Waals surface area contributed by atoms with E-state index in [2.05, 4.69) is 20.2 Å². The molecule has 6 heteroatoms. The molecular formula is C13H10N4O2. The monoisotopic (exact) mass is 254 g/mol. The molecule has 0 amide bonds. The Labute approximate surface area is 108 Å². The van der Waals surface area contributed by atoms with Gasteiger partial charge in [-0.05, 0) is 12.5 Å². The second-order valence-corrected chi connectivity index (χ2v) is 4.15. The van der Waals surface area contributed by atoms with Gasteiger partial charge in [0.05, 0.1) is 11.1 Å². The summed E-state index contributed by atoms with van der Waals surface area (Å²) in [6.45, 7) is 1.99. The number of hydrogen-bond donors (Lipinski definition) is 2. The standard InChI is InChI=1S/C13H10N4O2/c1-7-4-2-3-5-8(7)10-9-6-14-12(13(18)19)15-11(9)17-16-10/h2-6H,1H3,(H,18,19)(H,14,15,16,17). The number of nitrogens with zero attached hydrogens (tertiary/aromatic N) is 3. The largest absolute Gasteiger partial charge is 0.475 e. The maximum absolute atomic E-state index is 10.8. The molecule has 6 nitrogen and oxygen atoms in total. The van der Waals surface area contributed by atoms with Gasteiger partial charge in [0.25, 0.3) is 0 Å². The summed E-state index contributed by atoms with van der Waals surface area (Å²) in [6, 6.07) is 7.85. The van der Waals surface area contributed by atoms with Crippen LogP contribution in [-0.4, -0.2) is 31.2 Å². The molecule has 94 valence electrons. The maximum atomic E-state index is 10.8. The minimum atomic E-state index is -1.16. The number of aromatic carboxylic acids is 1. The van der Waals surface area contributed by atoms with Crippen LogP contribution >= 0.6 is 0 Å². The second-order valence-electron chi connectivity index (χ2n) is 4.15. The molecule has 1 aromatic carbocycles. The molecule has 0 aliphatic heterocycles. The maximum Gasteiger partial charge on any atom is 0.374 e. The van der Waals surface area contributed by atoms with Crippen LogP contribution in [0.25, 0.3) is 22.3 Å². The molecule has 19 heavy (non-hydrogen) atoms. The third kappa shape index (κ3) is 1.83. The van der Waals surface area contributed by atoms with E-state index in [-0.39, 0.29) is 5.82 Å². The van der Waals surface area contributed by atoms with Crippen LogP contribution in [-0.2, 0) is 0 Å². The molecule has 2 heterocycles. The Morgan fingerprint density at radius 3 is 2.84 bits per heavy atom. The fourth-order valence-corrected chi connectivity index (χ4v) is 1.97. The lowest BCUT2D eigenvalue weighted by Crippen LogP contribution is -2.03. The van der Waals surface area contributed by atoms with Crippen LogP contribution < -0.4 is 0 Å². The highest BCUT2D eigenvalue weighted by Crippen LogP contribution is 2.27. The number of hydrogen-bond acceptors (Lipinski definition) is 4. The highest BCUT2D eigenvalue weighted by atomic mass is 16.4. The molecule has 0 bridgehead atoms. The highest BCUT2D eigenvalue weighted by molar-refractivity contribution is 5.93. The van der Waals surface area contributed by atoms with Gasteiger partial charge in [-0.1, -0.05) is 24.3 Å². The van der Waals surface area contributed by atoms with E-state index in [4.69, 9.17) is 5.11 Å². The smallest absolute Gasteiger partial charge is 0.374 e. The minimum absolute atomic E-state index is 0.254. The fraction of sp³-hybridized carbons (Fsp3) is 0.0769. The van der Waals surface area contributed by atoms with Crippen LogP contribution in [0.5, 0.6) is 0 Å². The van der Waals surface area contributed by atoms with E-state index >= 15 is 0 Å². The molecule has 3 rings (SSSR count). The molecule has 0 unspecified atom stereocenters. The van der Waals surface area contributed by atoms with Crippen molar-refractivity contribution in [3.05, 3.63) is 41.9 Å². The lowest BCUT2D eigenvalue weighted by molar-refractivity contribution is 0.0684. The van der Waals surface area contributed by atoms with Crippen molar-refractivity contribution in [3.63, 3.8) is 0 Å². The first-order valence-corrected chi connectivity index (χ1v) is 5.67. The molecule has 2 aromatic heterocycles. The number of carbonyl (C=O) groups is 1. The number of rotatable bonds is 2. The van der Waals surface area contributed by atoms with Gasteiger partial charge in [-0.2, -0.15) is 5.10 Å². The third-order valence-corrected chi connectivity index (χ3v) is 2.92. The minimum Gasteiger partial charge on any atom is -0.475 e. The lowest BCUT2D eigenvalue weighted by atomic mass is 10.0. The highest BCUT2D eigenvalue weighted by Gasteiger charge is 2.14. The predicted molar refractivity (Wildman–Crippen MR) is 68.8 cm³/mol. The first kappa shape index (κ1) is 11.3. The lowest BCUT2D eigenvalue weighted by Gasteiger charge is -2.02. The van der Waals surface area contributed by atoms with Crippen molar-refractivity contribution in [2.24, 2.45) is 0 Å². The Balaban J connectivity index is 2.22. The summed E-state index contributed by atoms with van der Waals surface area (Å²) < 4.78 is 0. The van der Waals surface area contributed by atoms with Crippen molar-refractivity contribution in [2.45, 2.75) is 6.92 Å². The molecule has 0 atom stereocenters. The number of H-pyrrole nitrogens is 1. The molecule has 0 saturated heterocycles. The van der Waals surface area contributed by atoms with Crippen LogP contribution in [0.2, 0.25) is 0 Å². The van der Waals surface area contributed by atoms with Crippen molar-refractivity contribution < 1.29 is 9.90 Å². The van der Waals surface area contributed by atoms with Gasteiger partial charge >= 0.3 is 5.97 Å². The van der Waals surface area contributed by atoms with Gasteiger partial charge in [0.15, 0.2) is 5.65 Å². The van der Waals surface area contributed by atoms with E-state index in [1.807, 2.05) is 31.2 Å². The summed E-state index contributed by atoms with van der Waals surface area (Å²) in [6.07, 6.45) is 1.48. The Morgan fingerprint density at radius 2 is 2.11 bits per heavy atom. The number of carboxylic acid groups (broad SMARTS) is 1. The van der Waals surface area contributed by atoms with E-state index in [1.165, 1.54) is 6.20 Å². The molecule has 0 spiro atoms.